The minimum atomic E-state index is -3.95. The molecular formula is C16H24N2O7S. The van der Waals surface area contributed by atoms with E-state index in [0.29, 0.717) is 0 Å². The van der Waals surface area contributed by atoms with Gasteiger partial charge in [-0.15, -0.1) is 0 Å². The molecule has 10 heteroatoms. The van der Waals surface area contributed by atoms with E-state index in [9.17, 15) is 22.8 Å². The lowest BCUT2D eigenvalue weighted by atomic mass is 9.95. The average molecular weight is 388 g/mol. The summed E-state index contributed by atoms with van der Waals surface area (Å²) >= 11 is 0. The number of β-lactam (4-membered cyclic amide) rings is 1. The molecule has 2 saturated heterocycles. The molecule has 0 aromatic heterocycles. The van der Waals surface area contributed by atoms with Gasteiger partial charge in [-0.1, -0.05) is 0 Å². The second-order valence-corrected chi connectivity index (χ2v) is 10.4. The number of likely N-dealkylation sites (N-methyl/N-ethyl adjacent to an activating group) is 1. The van der Waals surface area contributed by atoms with Gasteiger partial charge in [0.15, 0.2) is 21.3 Å². The molecule has 0 unspecified atom stereocenters. The van der Waals surface area contributed by atoms with Crippen LogP contribution in [0.5, 0.6) is 0 Å². The van der Waals surface area contributed by atoms with Gasteiger partial charge in [0.25, 0.3) is 11.8 Å². The Balaban J connectivity index is 2.46. The topological polar surface area (TPSA) is 110 Å². The van der Waals surface area contributed by atoms with E-state index < -0.39 is 49.4 Å². The highest BCUT2D eigenvalue weighted by Gasteiger charge is 2.70. The maximum Gasteiger partial charge on any atom is 0.331 e. The van der Waals surface area contributed by atoms with Gasteiger partial charge in [-0.3, -0.25) is 14.4 Å². The zero-order chi connectivity index (χ0) is 20.2. The summed E-state index contributed by atoms with van der Waals surface area (Å²) in [6.45, 7) is 7.72. The number of hydrogen-bond donors (Lipinski definition) is 0. The van der Waals surface area contributed by atoms with Crippen LogP contribution in [0.3, 0.4) is 0 Å². The first kappa shape index (κ1) is 20.4. The predicted molar refractivity (Wildman–Crippen MR) is 91.1 cm³/mol. The van der Waals surface area contributed by atoms with Gasteiger partial charge in [0, 0.05) is 13.1 Å². The van der Waals surface area contributed by atoms with Crippen LogP contribution in [0.1, 0.15) is 34.6 Å². The van der Waals surface area contributed by atoms with E-state index in [1.54, 1.807) is 20.8 Å². The van der Waals surface area contributed by atoms with E-state index in [-0.39, 0.29) is 5.57 Å². The zero-order valence-corrected chi connectivity index (χ0v) is 16.7. The number of ether oxygens (including phenoxy) is 1. The van der Waals surface area contributed by atoms with E-state index in [1.807, 2.05) is 0 Å². The molecule has 0 radical (unpaired) electrons. The molecule has 0 spiro atoms. The summed E-state index contributed by atoms with van der Waals surface area (Å²) in [7, 11) is -1.36. The van der Waals surface area contributed by atoms with Gasteiger partial charge in [-0.25, -0.2) is 18.3 Å². The number of carbonyl (C=O) groups excluding carboxylic acids is 3. The second-order valence-electron chi connectivity index (χ2n) is 7.77. The maximum atomic E-state index is 12.9. The van der Waals surface area contributed by atoms with Gasteiger partial charge in [0.1, 0.15) is 10.3 Å². The summed E-state index contributed by atoms with van der Waals surface area (Å²) in [5.74, 6) is -2.15. The maximum absolute atomic E-state index is 12.9. The van der Waals surface area contributed by atoms with Crippen LogP contribution in [0.25, 0.3) is 0 Å². The number of hydrogen-bond acceptors (Lipinski definition) is 7. The Kier molecular flexibility index (Phi) is 4.74. The Morgan fingerprint density at radius 3 is 2.27 bits per heavy atom. The molecule has 146 valence electrons. The van der Waals surface area contributed by atoms with Crippen LogP contribution in [0, 0.1) is 0 Å². The highest BCUT2D eigenvalue weighted by Crippen LogP contribution is 2.48. The van der Waals surface area contributed by atoms with Crippen molar-refractivity contribution in [2.24, 2.45) is 0 Å². The van der Waals surface area contributed by atoms with E-state index in [4.69, 9.17) is 9.57 Å². The van der Waals surface area contributed by atoms with Crippen molar-refractivity contribution in [2.75, 3.05) is 14.2 Å². The van der Waals surface area contributed by atoms with Crippen molar-refractivity contribution < 1.29 is 32.4 Å². The van der Waals surface area contributed by atoms with Gasteiger partial charge in [0.05, 0.1) is 12.7 Å². The quantitative estimate of drug-likeness (QED) is 0.290. The fourth-order valence-corrected chi connectivity index (χ4v) is 5.11. The molecule has 2 heterocycles. The van der Waals surface area contributed by atoms with Crippen LogP contribution in [-0.4, -0.2) is 72.1 Å². The van der Waals surface area contributed by atoms with Crippen molar-refractivity contribution in [3.05, 3.63) is 11.6 Å². The van der Waals surface area contributed by atoms with E-state index >= 15 is 0 Å². The Bertz CT molecular complexity index is 792. The Hall–Kier alpha value is -1.94. The Labute approximate surface area is 152 Å². The number of nitrogens with zero attached hydrogens (tertiary/aromatic N) is 2. The third-order valence-corrected chi connectivity index (χ3v) is 7.22. The molecule has 0 aliphatic carbocycles. The SMILES string of the molecule is CON(C)C(=O)/C=C1/C(=O)N2[C@@H](C(=O)OC(C)(C)C)C(C)(C)S(=O)(=O)[C@H]12. The second kappa shape index (κ2) is 6.05. The molecule has 2 rings (SSSR count). The minimum Gasteiger partial charge on any atom is -0.458 e. The molecule has 2 aliphatic rings. The lowest BCUT2D eigenvalue weighted by molar-refractivity contribution is -0.167. The molecule has 2 amide bonds. The van der Waals surface area contributed by atoms with Gasteiger partial charge in [-0.05, 0) is 34.6 Å². The Morgan fingerprint density at radius 1 is 1.27 bits per heavy atom. The molecule has 0 N–H and O–H groups in total. The molecule has 9 nitrogen and oxygen atoms in total. The number of fused-ring (bicyclic) bond motifs is 1. The largest absolute Gasteiger partial charge is 0.458 e. The highest BCUT2D eigenvalue weighted by atomic mass is 32.2. The van der Waals surface area contributed by atoms with Crippen molar-refractivity contribution in [2.45, 2.75) is 56.4 Å². The molecule has 2 aliphatic heterocycles. The third kappa shape index (κ3) is 2.90. The lowest BCUT2D eigenvalue weighted by Gasteiger charge is -2.39. The fourth-order valence-electron chi connectivity index (χ4n) is 2.99. The van der Waals surface area contributed by atoms with Crippen LogP contribution < -0.4 is 0 Å². The first-order chi connectivity index (χ1) is 11.7. The summed E-state index contributed by atoms with van der Waals surface area (Å²) in [5, 5.41) is -0.488. The molecule has 0 saturated carbocycles. The number of hydroxylamine groups is 2. The van der Waals surface area contributed by atoms with Crippen LogP contribution >= 0.6 is 0 Å². The smallest absolute Gasteiger partial charge is 0.331 e. The van der Waals surface area contributed by atoms with Crippen molar-refractivity contribution >= 4 is 27.6 Å². The fraction of sp³-hybridized carbons (Fsp3) is 0.688. The summed E-state index contributed by atoms with van der Waals surface area (Å²) in [6.07, 6.45) is 0.929. The van der Waals surface area contributed by atoms with E-state index in [0.717, 1.165) is 16.0 Å². The van der Waals surface area contributed by atoms with Gasteiger partial charge < -0.3 is 9.64 Å². The minimum absolute atomic E-state index is 0.182. The summed E-state index contributed by atoms with van der Waals surface area (Å²) in [6, 6.07) is -1.28. The van der Waals surface area contributed by atoms with Gasteiger partial charge >= 0.3 is 5.97 Å². The van der Waals surface area contributed by atoms with Crippen molar-refractivity contribution in [3.8, 4) is 0 Å². The molecule has 0 aromatic rings. The highest BCUT2D eigenvalue weighted by molar-refractivity contribution is 7.94. The number of amides is 2. The van der Waals surface area contributed by atoms with Crippen LogP contribution in [-0.2, 0) is 33.8 Å². The van der Waals surface area contributed by atoms with E-state index in [2.05, 4.69) is 0 Å². The van der Waals surface area contributed by atoms with Crippen molar-refractivity contribution in [3.63, 3.8) is 0 Å². The lowest BCUT2D eigenvalue weighted by Crippen LogP contribution is -2.60. The molecule has 0 bridgehead atoms. The summed E-state index contributed by atoms with van der Waals surface area (Å²) in [4.78, 5) is 42.8. The van der Waals surface area contributed by atoms with Crippen LogP contribution in [0.2, 0.25) is 0 Å². The van der Waals surface area contributed by atoms with Crippen LogP contribution in [0.15, 0.2) is 11.6 Å². The first-order valence-electron chi connectivity index (χ1n) is 7.99. The van der Waals surface area contributed by atoms with E-state index in [1.165, 1.54) is 28.0 Å². The normalized spacial score (nSPS) is 27.7. The monoisotopic (exact) mass is 388 g/mol. The Morgan fingerprint density at radius 2 is 1.81 bits per heavy atom. The number of esters is 1. The number of carbonyl (C=O) groups is 3. The summed E-state index contributed by atoms with van der Waals surface area (Å²) < 4.78 is 29.6. The number of sulfone groups is 1. The number of rotatable bonds is 3. The first-order valence-corrected chi connectivity index (χ1v) is 9.54. The molecule has 2 atom stereocenters. The molecular weight excluding hydrogens is 364 g/mol. The van der Waals surface area contributed by atoms with Gasteiger partial charge in [0.2, 0.25) is 0 Å². The molecule has 26 heavy (non-hydrogen) atoms. The zero-order valence-electron chi connectivity index (χ0n) is 15.9. The van der Waals surface area contributed by atoms with Crippen molar-refractivity contribution in [1.82, 2.24) is 9.96 Å². The standard InChI is InChI=1S/C16H24N2O7S/c1-15(2,3)25-14(21)11-16(4,5)26(22,23)13-9(12(20)18(11)13)8-10(19)17(6)24-7/h8,11,13H,1-7H3/b9-8-/t11-,13+/m0/s1. The molecule has 2 fully saturated rings. The van der Waals surface area contributed by atoms with Crippen LogP contribution in [0.4, 0.5) is 0 Å². The molecule has 0 aromatic carbocycles. The van der Waals surface area contributed by atoms with Crippen molar-refractivity contribution in [1.29, 1.82) is 0 Å². The third-order valence-electron chi connectivity index (χ3n) is 4.46. The predicted octanol–water partition coefficient (Wildman–Crippen LogP) is 0.0182. The van der Waals surface area contributed by atoms with Gasteiger partial charge in [-0.2, -0.15) is 0 Å². The summed E-state index contributed by atoms with van der Waals surface area (Å²) in [5.41, 5.74) is -1.02. The average Bonchev–Trinajstić information content (AvgIpc) is 2.63.